The van der Waals surface area contributed by atoms with Crippen molar-refractivity contribution in [2.24, 2.45) is 0 Å². The number of hydrogen-bond donors (Lipinski definition) is 2. The van der Waals surface area contributed by atoms with Crippen molar-refractivity contribution in [3.05, 3.63) is 24.3 Å². The van der Waals surface area contributed by atoms with Gasteiger partial charge in [0.25, 0.3) is 0 Å². The molecule has 0 rings (SSSR count). The second-order valence-electron chi connectivity index (χ2n) is 8.74. The maximum Gasteiger partial charge on any atom is 0.303 e. The number of hydrogen-bond acceptors (Lipinski definition) is 2. The molecular weight excluding hydrogens is 372 g/mol. The van der Waals surface area contributed by atoms with Crippen molar-refractivity contribution in [2.75, 3.05) is 0 Å². The van der Waals surface area contributed by atoms with Gasteiger partial charge in [0.1, 0.15) is 0 Å². The largest absolute Gasteiger partial charge is 0.481 e. The summed E-state index contributed by atoms with van der Waals surface area (Å²) in [5.41, 5.74) is 0. The van der Waals surface area contributed by atoms with E-state index in [0.29, 0.717) is 6.42 Å². The minimum atomic E-state index is -0.682. The van der Waals surface area contributed by atoms with Crippen molar-refractivity contribution < 1.29 is 15.0 Å². The molecule has 0 aliphatic heterocycles. The van der Waals surface area contributed by atoms with Crippen molar-refractivity contribution in [3.8, 4) is 0 Å². The lowest BCUT2D eigenvalue weighted by atomic mass is 10.0. The van der Waals surface area contributed by atoms with Crippen LogP contribution in [-0.4, -0.2) is 22.3 Å². The molecule has 0 aliphatic carbocycles. The fraction of sp³-hybridized carbons (Fsp3) is 0.815. The number of aliphatic hydroxyl groups is 1. The molecule has 0 aromatic carbocycles. The van der Waals surface area contributed by atoms with Crippen molar-refractivity contribution in [3.63, 3.8) is 0 Å². The van der Waals surface area contributed by atoms with Crippen LogP contribution in [0.1, 0.15) is 135 Å². The van der Waals surface area contributed by atoms with Crippen LogP contribution in [0.5, 0.6) is 0 Å². The lowest BCUT2D eigenvalue weighted by molar-refractivity contribution is -0.137. The highest BCUT2D eigenvalue weighted by Crippen LogP contribution is 2.13. The van der Waals surface area contributed by atoms with Gasteiger partial charge in [-0.3, -0.25) is 4.79 Å². The highest BCUT2D eigenvalue weighted by molar-refractivity contribution is 5.66. The molecule has 176 valence electrons. The van der Waals surface area contributed by atoms with Crippen LogP contribution in [0, 0.1) is 0 Å². The van der Waals surface area contributed by atoms with Gasteiger partial charge in [0, 0.05) is 6.42 Å². The van der Waals surface area contributed by atoms with E-state index in [2.05, 4.69) is 31.2 Å². The Labute approximate surface area is 187 Å². The van der Waals surface area contributed by atoms with E-state index in [-0.39, 0.29) is 6.10 Å². The SMILES string of the molecule is CCCCCCCCCC=CCC=CCC(O)CCCCCCCCCCC(=O)O. The minimum Gasteiger partial charge on any atom is -0.481 e. The Balaban J connectivity index is 3.32. The Hall–Kier alpha value is -1.09. The Morgan fingerprint density at radius 3 is 1.87 bits per heavy atom. The van der Waals surface area contributed by atoms with Crippen LogP contribution in [-0.2, 0) is 4.79 Å². The molecule has 0 fully saturated rings. The number of aliphatic carboxylic acids is 1. The number of carboxylic acids is 1. The fourth-order valence-electron chi connectivity index (χ4n) is 3.70. The predicted molar refractivity (Wildman–Crippen MR) is 130 cm³/mol. The normalized spacial score (nSPS) is 12.9. The molecule has 0 aliphatic rings. The van der Waals surface area contributed by atoms with Crippen molar-refractivity contribution >= 4 is 5.97 Å². The van der Waals surface area contributed by atoms with E-state index in [0.717, 1.165) is 44.9 Å². The van der Waals surface area contributed by atoms with Crippen LogP contribution in [0.4, 0.5) is 0 Å². The molecule has 0 saturated carbocycles. The molecular formula is C27H50O3. The Kier molecular flexibility index (Phi) is 23.3. The van der Waals surface area contributed by atoms with Gasteiger partial charge in [-0.1, -0.05) is 115 Å². The second kappa shape index (κ2) is 24.2. The van der Waals surface area contributed by atoms with Gasteiger partial charge in [0.2, 0.25) is 0 Å². The Morgan fingerprint density at radius 1 is 0.700 bits per heavy atom. The summed E-state index contributed by atoms with van der Waals surface area (Å²) < 4.78 is 0. The zero-order chi connectivity index (χ0) is 22.1. The van der Waals surface area contributed by atoms with Crippen LogP contribution in [0.3, 0.4) is 0 Å². The standard InChI is InChI=1S/C27H50O3/c1-2-3-4-5-6-7-8-9-10-11-14-17-20-23-26(28)24-21-18-15-12-13-16-19-22-25-27(29)30/h10-11,17,20,26,28H,2-9,12-16,18-19,21-25H2,1H3,(H,29,30). The van der Waals surface area contributed by atoms with E-state index in [1.165, 1.54) is 77.0 Å². The van der Waals surface area contributed by atoms with Gasteiger partial charge in [0.15, 0.2) is 0 Å². The molecule has 0 aromatic heterocycles. The molecule has 0 amide bonds. The third-order valence-electron chi connectivity index (χ3n) is 5.67. The van der Waals surface area contributed by atoms with Gasteiger partial charge in [-0.05, 0) is 38.5 Å². The summed E-state index contributed by atoms with van der Waals surface area (Å²) in [5.74, 6) is -0.682. The molecule has 3 nitrogen and oxygen atoms in total. The Morgan fingerprint density at radius 2 is 1.23 bits per heavy atom. The van der Waals surface area contributed by atoms with Gasteiger partial charge in [-0.15, -0.1) is 0 Å². The molecule has 0 radical (unpaired) electrons. The van der Waals surface area contributed by atoms with Gasteiger partial charge >= 0.3 is 5.97 Å². The first kappa shape index (κ1) is 28.9. The maximum absolute atomic E-state index is 10.4. The third-order valence-corrected chi connectivity index (χ3v) is 5.67. The molecule has 30 heavy (non-hydrogen) atoms. The lowest BCUT2D eigenvalue weighted by Gasteiger charge is -2.07. The molecule has 1 unspecified atom stereocenters. The third kappa shape index (κ3) is 24.9. The first-order valence-electron chi connectivity index (χ1n) is 12.9. The summed E-state index contributed by atoms with van der Waals surface area (Å²) in [6.45, 7) is 2.26. The molecule has 1 atom stereocenters. The van der Waals surface area contributed by atoms with E-state index in [1.54, 1.807) is 0 Å². The minimum absolute atomic E-state index is 0.200. The molecule has 0 saturated heterocycles. The zero-order valence-electron chi connectivity index (χ0n) is 19.8. The van der Waals surface area contributed by atoms with Crippen molar-refractivity contribution in [1.82, 2.24) is 0 Å². The number of allylic oxidation sites excluding steroid dienone is 3. The number of carboxylic acid groups (broad SMARTS) is 1. The number of rotatable bonds is 23. The van der Waals surface area contributed by atoms with Gasteiger partial charge in [-0.25, -0.2) is 0 Å². The van der Waals surface area contributed by atoms with Gasteiger partial charge in [0.05, 0.1) is 6.10 Å². The zero-order valence-corrected chi connectivity index (χ0v) is 19.8. The summed E-state index contributed by atoms with van der Waals surface area (Å²) in [4.78, 5) is 10.4. The molecule has 2 N–H and O–H groups in total. The summed E-state index contributed by atoms with van der Waals surface area (Å²) in [5, 5.41) is 18.6. The van der Waals surface area contributed by atoms with Crippen LogP contribution in [0.15, 0.2) is 24.3 Å². The van der Waals surface area contributed by atoms with Crippen LogP contribution < -0.4 is 0 Å². The summed E-state index contributed by atoms with van der Waals surface area (Å²) in [6, 6.07) is 0. The highest BCUT2D eigenvalue weighted by atomic mass is 16.4. The van der Waals surface area contributed by atoms with Crippen LogP contribution >= 0.6 is 0 Å². The summed E-state index contributed by atoms with van der Waals surface area (Å²) >= 11 is 0. The summed E-state index contributed by atoms with van der Waals surface area (Å²) in [6.07, 6.45) is 31.4. The van der Waals surface area contributed by atoms with Crippen LogP contribution in [0.2, 0.25) is 0 Å². The van der Waals surface area contributed by atoms with Crippen LogP contribution in [0.25, 0.3) is 0 Å². The predicted octanol–water partition coefficient (Wildman–Crippen LogP) is 8.37. The van der Waals surface area contributed by atoms with Crippen molar-refractivity contribution in [1.29, 1.82) is 0 Å². The van der Waals surface area contributed by atoms with E-state index in [1.807, 2.05) is 0 Å². The maximum atomic E-state index is 10.4. The molecule has 0 bridgehead atoms. The second-order valence-corrected chi connectivity index (χ2v) is 8.74. The van der Waals surface area contributed by atoms with Crippen molar-refractivity contribution in [2.45, 2.75) is 141 Å². The monoisotopic (exact) mass is 422 g/mol. The first-order chi connectivity index (χ1) is 14.7. The topological polar surface area (TPSA) is 57.5 Å². The number of carbonyl (C=O) groups is 1. The Bertz CT molecular complexity index is 414. The number of aliphatic hydroxyl groups excluding tert-OH is 1. The average molecular weight is 423 g/mol. The molecule has 0 heterocycles. The van der Waals surface area contributed by atoms with E-state index in [9.17, 15) is 9.90 Å². The summed E-state index contributed by atoms with van der Waals surface area (Å²) in [7, 11) is 0. The van der Waals surface area contributed by atoms with E-state index < -0.39 is 5.97 Å². The average Bonchev–Trinajstić information content (AvgIpc) is 2.72. The first-order valence-corrected chi connectivity index (χ1v) is 12.9. The van der Waals surface area contributed by atoms with Gasteiger partial charge in [-0.2, -0.15) is 0 Å². The molecule has 0 aromatic rings. The fourth-order valence-corrected chi connectivity index (χ4v) is 3.70. The molecule has 0 spiro atoms. The quantitative estimate of drug-likeness (QED) is 0.128. The lowest BCUT2D eigenvalue weighted by Crippen LogP contribution is -2.04. The number of unbranched alkanes of at least 4 members (excludes halogenated alkanes) is 14. The highest BCUT2D eigenvalue weighted by Gasteiger charge is 2.01. The molecule has 3 heteroatoms. The van der Waals surface area contributed by atoms with E-state index in [4.69, 9.17) is 5.11 Å². The smallest absolute Gasteiger partial charge is 0.303 e. The van der Waals surface area contributed by atoms with E-state index >= 15 is 0 Å². The van der Waals surface area contributed by atoms with Gasteiger partial charge < -0.3 is 10.2 Å².